The summed E-state index contributed by atoms with van der Waals surface area (Å²) in [5, 5.41) is 14.1. The van der Waals surface area contributed by atoms with Gasteiger partial charge in [-0.3, -0.25) is 14.8 Å². The predicted molar refractivity (Wildman–Crippen MR) is 174 cm³/mol. The van der Waals surface area contributed by atoms with Crippen LogP contribution in [0.2, 0.25) is 0 Å². The standard InChI is InChI=1S/C31H42N6O6.C2H6/c1-30(2,3)42-28(40)36-19-22(16-23(36)27(38)39)37(29(41)43-31(4,5)6)25-12-8-11-24(34-25)35-15-13-21-18-33-17-20(26(21)35)10-9-14-32-7;1-2/h8,11-13,15,17-18,22-23,32H,9-10,14,16,19H2,1-7H3,(H,38,39);1-2H3. The van der Waals surface area contributed by atoms with E-state index in [-0.39, 0.29) is 18.8 Å². The third-order valence-electron chi connectivity index (χ3n) is 6.90. The van der Waals surface area contributed by atoms with E-state index >= 15 is 0 Å². The van der Waals surface area contributed by atoms with E-state index in [9.17, 15) is 19.5 Å². The molecule has 2 N–H and O–H groups in total. The Morgan fingerprint density at radius 3 is 2.36 bits per heavy atom. The van der Waals surface area contributed by atoms with Crippen molar-refractivity contribution in [2.45, 2.75) is 97.9 Å². The molecule has 0 spiro atoms. The number of carboxylic acid groups (broad SMARTS) is 1. The summed E-state index contributed by atoms with van der Waals surface area (Å²) in [7, 11) is 1.92. The highest BCUT2D eigenvalue weighted by atomic mass is 16.6. The third-order valence-corrected chi connectivity index (χ3v) is 6.90. The molecule has 0 aromatic carbocycles. The molecule has 4 rings (SSSR count). The fourth-order valence-corrected chi connectivity index (χ4v) is 5.17. The molecule has 0 radical (unpaired) electrons. The number of likely N-dealkylation sites (tertiary alicyclic amines) is 1. The van der Waals surface area contributed by atoms with Gasteiger partial charge in [-0.1, -0.05) is 19.9 Å². The Balaban J connectivity index is 0.00000271. The molecule has 0 bridgehead atoms. The molecule has 1 fully saturated rings. The average Bonchev–Trinajstić information content (AvgIpc) is 3.59. The van der Waals surface area contributed by atoms with Crippen LogP contribution in [0.25, 0.3) is 16.7 Å². The lowest BCUT2D eigenvalue weighted by Gasteiger charge is -2.31. The molecule has 2 unspecified atom stereocenters. The van der Waals surface area contributed by atoms with Crippen LogP contribution in [0.4, 0.5) is 15.4 Å². The van der Waals surface area contributed by atoms with Crippen LogP contribution in [-0.4, -0.2) is 86.1 Å². The number of nitrogens with one attached hydrogen (secondary N) is 1. The SMILES string of the molecule is CC.CNCCCc1cncc2ccn(-c3cccc(N(C(=O)OC(C)(C)C)C4CC(C(=O)O)N(C(=O)OC(C)(C)C)C4)n3)c12. The number of hydrogen-bond acceptors (Lipinski definition) is 8. The Bertz CT molecular complexity index is 1470. The van der Waals surface area contributed by atoms with Crippen molar-refractivity contribution in [3.8, 4) is 5.82 Å². The van der Waals surface area contributed by atoms with E-state index in [1.54, 1.807) is 59.9 Å². The second-order valence-corrected chi connectivity index (χ2v) is 12.7. The number of pyridine rings is 2. The van der Waals surface area contributed by atoms with E-state index < -0.39 is 41.4 Å². The number of carboxylic acids is 1. The quantitative estimate of drug-likeness (QED) is 0.298. The lowest BCUT2D eigenvalue weighted by atomic mass is 10.1. The van der Waals surface area contributed by atoms with E-state index in [2.05, 4.69) is 10.3 Å². The van der Waals surface area contributed by atoms with Crippen LogP contribution in [0, 0.1) is 0 Å². The Morgan fingerprint density at radius 2 is 1.73 bits per heavy atom. The molecule has 246 valence electrons. The molecule has 4 heterocycles. The van der Waals surface area contributed by atoms with E-state index in [0.717, 1.165) is 40.8 Å². The van der Waals surface area contributed by atoms with Gasteiger partial charge in [-0.2, -0.15) is 0 Å². The maximum absolute atomic E-state index is 13.7. The fourth-order valence-electron chi connectivity index (χ4n) is 5.17. The first-order valence-electron chi connectivity index (χ1n) is 15.5. The number of hydrogen-bond donors (Lipinski definition) is 2. The van der Waals surface area contributed by atoms with Gasteiger partial charge in [-0.05, 0) is 91.7 Å². The third kappa shape index (κ3) is 8.93. The van der Waals surface area contributed by atoms with Gasteiger partial charge in [-0.15, -0.1) is 0 Å². The van der Waals surface area contributed by atoms with Gasteiger partial charge in [0.1, 0.15) is 28.9 Å². The molecule has 0 saturated carbocycles. The first-order chi connectivity index (χ1) is 21.2. The second kappa shape index (κ2) is 14.7. The number of rotatable bonds is 8. The lowest BCUT2D eigenvalue weighted by Crippen LogP contribution is -2.46. The molecular weight excluding hydrogens is 576 g/mol. The average molecular weight is 625 g/mol. The number of anilines is 1. The zero-order valence-electron chi connectivity index (χ0n) is 28.0. The molecule has 2 amide bonds. The highest BCUT2D eigenvalue weighted by Gasteiger charge is 2.46. The molecule has 2 atom stereocenters. The van der Waals surface area contributed by atoms with Crippen LogP contribution in [0.5, 0.6) is 0 Å². The van der Waals surface area contributed by atoms with E-state index in [4.69, 9.17) is 14.5 Å². The van der Waals surface area contributed by atoms with Crippen LogP contribution < -0.4 is 10.2 Å². The summed E-state index contributed by atoms with van der Waals surface area (Å²) in [6.45, 7) is 15.2. The van der Waals surface area contributed by atoms with E-state index in [1.165, 1.54) is 4.90 Å². The second-order valence-electron chi connectivity index (χ2n) is 12.7. The summed E-state index contributed by atoms with van der Waals surface area (Å²) >= 11 is 0. The molecule has 1 aliphatic rings. The van der Waals surface area contributed by atoms with Crippen molar-refractivity contribution in [3.05, 3.63) is 48.4 Å². The normalized spacial score (nSPS) is 16.6. The van der Waals surface area contributed by atoms with Crippen molar-refractivity contribution in [1.82, 2.24) is 24.8 Å². The summed E-state index contributed by atoms with van der Waals surface area (Å²) in [6.07, 6.45) is 5.87. The smallest absolute Gasteiger partial charge is 0.416 e. The monoisotopic (exact) mass is 624 g/mol. The zero-order chi connectivity index (χ0) is 33.5. The van der Waals surface area contributed by atoms with Gasteiger partial charge in [0, 0.05) is 36.9 Å². The van der Waals surface area contributed by atoms with Gasteiger partial charge in [0.25, 0.3) is 0 Å². The number of ether oxygens (including phenoxy) is 2. The van der Waals surface area contributed by atoms with E-state index in [0.29, 0.717) is 5.82 Å². The van der Waals surface area contributed by atoms with Crippen molar-refractivity contribution in [2.75, 3.05) is 25.0 Å². The maximum atomic E-state index is 13.7. The highest BCUT2D eigenvalue weighted by molar-refractivity contribution is 5.89. The van der Waals surface area contributed by atoms with Gasteiger partial charge in [0.05, 0.1) is 11.6 Å². The minimum Gasteiger partial charge on any atom is -0.480 e. The number of carbonyl (C=O) groups is 3. The molecule has 0 aliphatic carbocycles. The largest absolute Gasteiger partial charge is 0.480 e. The Hall–Kier alpha value is -4.19. The molecule has 3 aromatic rings. The van der Waals surface area contributed by atoms with Crippen LogP contribution in [0.15, 0.2) is 42.9 Å². The number of amides is 2. The number of aliphatic carboxylic acids is 1. The summed E-state index contributed by atoms with van der Waals surface area (Å²) in [5.41, 5.74) is 0.401. The molecule has 12 nitrogen and oxygen atoms in total. The number of fused-ring (bicyclic) bond motifs is 1. The number of aryl methyl sites for hydroxylation is 1. The fraction of sp³-hybridized carbons (Fsp3) is 0.545. The first-order valence-corrected chi connectivity index (χ1v) is 15.5. The number of aromatic nitrogens is 3. The molecule has 12 heteroatoms. The Kier molecular flexibility index (Phi) is 11.5. The summed E-state index contributed by atoms with van der Waals surface area (Å²) < 4.78 is 13.2. The molecule has 45 heavy (non-hydrogen) atoms. The van der Waals surface area contributed by atoms with Crippen LogP contribution in [0.1, 0.15) is 73.8 Å². The Labute approximate surface area is 265 Å². The molecule has 3 aromatic heterocycles. The maximum Gasteiger partial charge on any atom is 0.416 e. The van der Waals surface area contributed by atoms with Crippen molar-refractivity contribution in [2.24, 2.45) is 0 Å². The number of nitrogens with zero attached hydrogens (tertiary/aromatic N) is 5. The summed E-state index contributed by atoms with van der Waals surface area (Å²) in [5.74, 6) is -0.337. The van der Waals surface area contributed by atoms with Crippen LogP contribution in [0.3, 0.4) is 0 Å². The van der Waals surface area contributed by atoms with Crippen molar-refractivity contribution >= 4 is 34.9 Å². The van der Waals surface area contributed by atoms with Gasteiger partial charge in [0.15, 0.2) is 0 Å². The van der Waals surface area contributed by atoms with Gasteiger partial charge < -0.3 is 24.5 Å². The van der Waals surface area contributed by atoms with E-state index in [1.807, 2.05) is 50.0 Å². The van der Waals surface area contributed by atoms with Gasteiger partial charge >= 0.3 is 18.2 Å². The van der Waals surface area contributed by atoms with Crippen molar-refractivity contribution < 1.29 is 29.0 Å². The van der Waals surface area contributed by atoms with Gasteiger partial charge in [0.2, 0.25) is 0 Å². The highest BCUT2D eigenvalue weighted by Crippen LogP contribution is 2.31. The first kappa shape index (κ1) is 35.3. The van der Waals surface area contributed by atoms with Crippen LogP contribution >= 0.6 is 0 Å². The lowest BCUT2D eigenvalue weighted by molar-refractivity contribution is -0.142. The minimum absolute atomic E-state index is 0.0204. The number of carbonyl (C=O) groups excluding carboxylic acids is 2. The minimum atomic E-state index is -1.19. The van der Waals surface area contributed by atoms with Gasteiger partial charge in [-0.25, -0.2) is 19.4 Å². The summed E-state index contributed by atoms with van der Waals surface area (Å²) in [6, 6.07) is 5.37. The topological polar surface area (TPSA) is 139 Å². The van der Waals surface area contributed by atoms with Crippen molar-refractivity contribution in [3.63, 3.8) is 0 Å². The molecular formula is C33H48N6O6. The van der Waals surface area contributed by atoms with Crippen LogP contribution in [-0.2, 0) is 20.7 Å². The molecule has 1 aliphatic heterocycles. The van der Waals surface area contributed by atoms with Crippen molar-refractivity contribution in [1.29, 1.82) is 0 Å². The predicted octanol–water partition coefficient (Wildman–Crippen LogP) is 5.80. The zero-order valence-corrected chi connectivity index (χ0v) is 28.0. The Morgan fingerprint density at radius 1 is 1.04 bits per heavy atom. The molecule has 1 saturated heterocycles. The summed E-state index contributed by atoms with van der Waals surface area (Å²) in [4.78, 5) is 50.7.